The fourth-order valence-electron chi connectivity index (χ4n) is 3.89. The number of carbonyl (C=O) groups excluding carboxylic acids is 2. The Bertz CT molecular complexity index is 1370. The smallest absolute Gasteiger partial charge is 0.471 e. The van der Waals surface area contributed by atoms with E-state index in [1.54, 1.807) is 30.3 Å². The van der Waals surface area contributed by atoms with Crippen LogP contribution in [0.3, 0.4) is 0 Å². The summed E-state index contributed by atoms with van der Waals surface area (Å²) in [5.74, 6) is -3.87. The molecule has 1 N–H and O–H groups in total. The zero-order valence-corrected chi connectivity index (χ0v) is 20.8. The van der Waals surface area contributed by atoms with E-state index in [4.69, 9.17) is 27.9 Å². The highest BCUT2D eigenvalue weighted by Gasteiger charge is 2.42. The molecule has 0 saturated carbocycles. The van der Waals surface area contributed by atoms with Gasteiger partial charge >= 0.3 is 12.1 Å². The number of ether oxygens (including phenoxy) is 1. The maximum Gasteiger partial charge on any atom is 0.471 e. The summed E-state index contributed by atoms with van der Waals surface area (Å²) in [6, 6.07) is 14.7. The first-order valence-corrected chi connectivity index (χ1v) is 11.3. The summed E-state index contributed by atoms with van der Waals surface area (Å²) >= 11 is 12.1. The van der Waals surface area contributed by atoms with E-state index < -0.39 is 30.1 Å². The van der Waals surface area contributed by atoms with E-state index in [9.17, 15) is 28.0 Å². The molecule has 2 amide bonds. The minimum atomic E-state index is -5.19. The normalized spacial score (nSPS) is 13.0. The lowest BCUT2D eigenvalue weighted by atomic mass is 9.95. The lowest BCUT2D eigenvalue weighted by Crippen LogP contribution is -2.54. The van der Waals surface area contributed by atoms with Crippen molar-refractivity contribution in [2.24, 2.45) is 0 Å². The molecule has 0 fully saturated rings. The predicted octanol–water partition coefficient (Wildman–Crippen LogP) is 5.91. The molecular formula is C25H20Cl2F3N3O3. The highest BCUT2D eigenvalue weighted by Crippen LogP contribution is 2.35. The van der Waals surface area contributed by atoms with Crippen LogP contribution >= 0.6 is 23.2 Å². The van der Waals surface area contributed by atoms with Crippen molar-refractivity contribution in [3.63, 3.8) is 0 Å². The molecule has 0 spiro atoms. The van der Waals surface area contributed by atoms with Crippen LogP contribution in [0.1, 0.15) is 34.3 Å². The molecule has 0 aliphatic carbocycles. The molecule has 3 aromatic rings. The third-order valence-electron chi connectivity index (χ3n) is 5.76. The van der Waals surface area contributed by atoms with Crippen LogP contribution in [0.4, 0.5) is 13.2 Å². The van der Waals surface area contributed by atoms with E-state index in [1.165, 1.54) is 39.3 Å². The van der Waals surface area contributed by atoms with Gasteiger partial charge in [-0.3, -0.25) is 9.59 Å². The van der Waals surface area contributed by atoms with Gasteiger partial charge in [0, 0.05) is 13.0 Å². The Morgan fingerprint density at radius 1 is 1.11 bits per heavy atom. The SMILES string of the molecule is COc1c(C#N)cc2ccccc2c1C(=O)N(C)C(NC(=O)C(F)(F)F)C(C)c1ccc(Cl)c(Cl)c1. The molecule has 0 aliphatic heterocycles. The molecule has 3 rings (SSSR count). The Balaban J connectivity index is 2.16. The first kappa shape index (κ1) is 27.1. The van der Waals surface area contributed by atoms with Gasteiger partial charge in [0.05, 0.1) is 28.3 Å². The van der Waals surface area contributed by atoms with Crippen LogP contribution in [0.2, 0.25) is 10.0 Å². The second-order valence-electron chi connectivity index (χ2n) is 7.96. The van der Waals surface area contributed by atoms with Crippen LogP contribution in [0.5, 0.6) is 5.75 Å². The number of amides is 2. The highest BCUT2D eigenvalue weighted by molar-refractivity contribution is 6.42. The first-order valence-electron chi connectivity index (χ1n) is 10.5. The van der Waals surface area contributed by atoms with Gasteiger partial charge in [-0.2, -0.15) is 18.4 Å². The van der Waals surface area contributed by atoms with Crippen molar-refractivity contribution in [2.75, 3.05) is 14.2 Å². The molecule has 2 unspecified atom stereocenters. The van der Waals surface area contributed by atoms with E-state index >= 15 is 0 Å². The Morgan fingerprint density at radius 2 is 1.78 bits per heavy atom. The quantitative estimate of drug-likeness (QED) is 0.396. The number of hydrogen-bond acceptors (Lipinski definition) is 4. The second-order valence-corrected chi connectivity index (χ2v) is 8.77. The van der Waals surface area contributed by atoms with Gasteiger partial charge in [0.2, 0.25) is 0 Å². The van der Waals surface area contributed by atoms with Crippen LogP contribution in [0.25, 0.3) is 10.8 Å². The molecular weight excluding hydrogens is 518 g/mol. The summed E-state index contributed by atoms with van der Waals surface area (Å²) < 4.78 is 45.0. The van der Waals surface area contributed by atoms with Crippen LogP contribution < -0.4 is 10.1 Å². The number of benzene rings is 3. The molecule has 0 heterocycles. The van der Waals surface area contributed by atoms with Gasteiger partial charge in [0.15, 0.2) is 0 Å². The zero-order valence-electron chi connectivity index (χ0n) is 19.3. The monoisotopic (exact) mass is 537 g/mol. The Hall–Kier alpha value is -3.48. The minimum absolute atomic E-state index is 0.0257. The molecule has 0 aromatic heterocycles. The highest BCUT2D eigenvalue weighted by atomic mass is 35.5. The van der Waals surface area contributed by atoms with Crippen molar-refractivity contribution < 1.29 is 27.5 Å². The lowest BCUT2D eigenvalue weighted by Gasteiger charge is -2.34. The van der Waals surface area contributed by atoms with Crippen LogP contribution in [-0.2, 0) is 4.79 Å². The van der Waals surface area contributed by atoms with Crippen LogP contribution in [-0.4, -0.2) is 43.2 Å². The third kappa shape index (κ3) is 5.35. The molecule has 188 valence electrons. The van der Waals surface area contributed by atoms with Gasteiger partial charge in [-0.15, -0.1) is 0 Å². The predicted molar refractivity (Wildman–Crippen MR) is 130 cm³/mol. The van der Waals surface area contributed by atoms with Crippen molar-refractivity contribution >= 4 is 45.8 Å². The molecule has 2 atom stereocenters. The standard InChI is InChI=1S/C25H20Cl2F3N3O3/c1-13(14-8-9-18(26)19(27)11-14)22(32-24(35)25(28,29)30)33(2)23(34)20-17-7-5-4-6-15(17)10-16(12-31)21(20)36-3/h4-11,13,22H,1-3H3,(H,32,35). The largest absolute Gasteiger partial charge is 0.495 e. The van der Waals surface area contributed by atoms with Crippen molar-refractivity contribution in [1.29, 1.82) is 5.26 Å². The molecule has 0 saturated heterocycles. The van der Waals surface area contributed by atoms with Gasteiger partial charge in [0.25, 0.3) is 5.91 Å². The zero-order chi connectivity index (χ0) is 26.8. The van der Waals surface area contributed by atoms with Gasteiger partial charge in [-0.05, 0) is 34.5 Å². The summed E-state index contributed by atoms with van der Waals surface area (Å²) in [6.45, 7) is 1.53. The number of rotatable bonds is 6. The summed E-state index contributed by atoms with van der Waals surface area (Å²) in [6.07, 6.45) is -6.65. The Labute approximate surface area is 215 Å². The Morgan fingerprint density at radius 3 is 2.36 bits per heavy atom. The van der Waals surface area contributed by atoms with E-state index in [0.29, 0.717) is 16.3 Å². The maximum atomic E-state index is 13.8. The molecule has 0 bridgehead atoms. The number of alkyl halides is 3. The van der Waals surface area contributed by atoms with Gasteiger partial charge in [0.1, 0.15) is 18.0 Å². The number of fused-ring (bicyclic) bond motifs is 1. The Kier molecular flexibility index (Phi) is 8.02. The van der Waals surface area contributed by atoms with Crippen molar-refractivity contribution in [2.45, 2.75) is 25.2 Å². The van der Waals surface area contributed by atoms with E-state index in [-0.39, 0.29) is 26.9 Å². The number of nitrogens with zero attached hydrogens (tertiary/aromatic N) is 2. The van der Waals surface area contributed by atoms with Crippen LogP contribution in [0, 0.1) is 11.3 Å². The average Bonchev–Trinajstić information content (AvgIpc) is 2.85. The number of nitrogens with one attached hydrogen (secondary N) is 1. The topological polar surface area (TPSA) is 82.4 Å². The van der Waals surface area contributed by atoms with E-state index in [1.807, 2.05) is 11.4 Å². The fraction of sp³-hybridized carbons (Fsp3) is 0.240. The van der Waals surface area contributed by atoms with Gasteiger partial charge in [-0.1, -0.05) is 60.5 Å². The van der Waals surface area contributed by atoms with Gasteiger partial charge in [-0.25, -0.2) is 0 Å². The lowest BCUT2D eigenvalue weighted by molar-refractivity contribution is -0.175. The van der Waals surface area contributed by atoms with Crippen LogP contribution in [0.15, 0.2) is 48.5 Å². The molecule has 3 aromatic carbocycles. The number of hydrogen-bond donors (Lipinski definition) is 1. The molecule has 11 heteroatoms. The van der Waals surface area contributed by atoms with Crippen molar-refractivity contribution in [3.05, 3.63) is 75.3 Å². The van der Waals surface area contributed by atoms with Crippen molar-refractivity contribution in [3.8, 4) is 11.8 Å². The van der Waals surface area contributed by atoms with E-state index in [0.717, 1.165) is 4.90 Å². The average molecular weight is 538 g/mol. The number of halogens is 5. The van der Waals surface area contributed by atoms with Gasteiger partial charge < -0.3 is 15.0 Å². The first-order chi connectivity index (χ1) is 16.9. The fourth-order valence-corrected chi connectivity index (χ4v) is 4.20. The third-order valence-corrected chi connectivity index (χ3v) is 6.50. The molecule has 0 aliphatic rings. The molecule has 36 heavy (non-hydrogen) atoms. The summed E-state index contributed by atoms with van der Waals surface area (Å²) in [4.78, 5) is 26.7. The number of methoxy groups -OCH3 is 1. The number of nitriles is 1. The summed E-state index contributed by atoms with van der Waals surface area (Å²) in [5, 5.41) is 12.9. The van der Waals surface area contributed by atoms with E-state index in [2.05, 4.69) is 0 Å². The molecule has 0 radical (unpaired) electrons. The maximum absolute atomic E-state index is 13.8. The number of likely N-dealkylation sites (N-methyl/N-ethyl adjacent to an activating group) is 1. The number of carbonyl (C=O) groups is 2. The second kappa shape index (κ2) is 10.6. The summed E-state index contributed by atoms with van der Waals surface area (Å²) in [5.41, 5.74) is 0.475. The minimum Gasteiger partial charge on any atom is -0.495 e. The van der Waals surface area contributed by atoms with Crippen molar-refractivity contribution in [1.82, 2.24) is 10.2 Å². The molecule has 6 nitrogen and oxygen atoms in total. The summed E-state index contributed by atoms with van der Waals surface area (Å²) in [7, 11) is 2.54.